The minimum Gasteiger partial charge on any atom is -0.486 e. The molecule has 8 nitrogen and oxygen atoms in total. The molecule has 1 amide bonds. The maximum absolute atomic E-state index is 12.9. The molecule has 5 rings (SSSR count). The number of anilines is 1. The second-order valence-electron chi connectivity index (χ2n) is 7.52. The van der Waals surface area contributed by atoms with Crippen molar-refractivity contribution in [3.8, 4) is 22.8 Å². The fraction of sp³-hybridized carbons (Fsp3) is 0.333. The summed E-state index contributed by atoms with van der Waals surface area (Å²) in [4.78, 5) is 17.4. The van der Waals surface area contributed by atoms with Gasteiger partial charge in [0.2, 0.25) is 5.91 Å². The number of hydrogen-bond donors (Lipinski definition) is 1. The molecule has 2 aliphatic heterocycles. The van der Waals surface area contributed by atoms with Crippen molar-refractivity contribution in [2.45, 2.75) is 17.1 Å². The van der Waals surface area contributed by atoms with Crippen molar-refractivity contribution < 1.29 is 22.7 Å². The molecule has 1 aromatic carbocycles. The van der Waals surface area contributed by atoms with E-state index in [1.54, 1.807) is 17.5 Å². The molecule has 0 spiro atoms. The van der Waals surface area contributed by atoms with Crippen LogP contribution in [0, 0.1) is 5.92 Å². The summed E-state index contributed by atoms with van der Waals surface area (Å²) in [7, 11) is -3.56. The Morgan fingerprint density at radius 3 is 2.81 bits per heavy atom. The molecule has 11 heteroatoms. The lowest BCUT2D eigenvalue weighted by molar-refractivity contribution is -0.120. The molecule has 0 radical (unpaired) electrons. The zero-order valence-corrected chi connectivity index (χ0v) is 19.5. The first-order valence-corrected chi connectivity index (χ1v) is 13.4. The summed E-state index contributed by atoms with van der Waals surface area (Å²) in [6, 6.07) is 8.95. The van der Waals surface area contributed by atoms with Crippen LogP contribution in [0.25, 0.3) is 11.3 Å². The van der Waals surface area contributed by atoms with Gasteiger partial charge in [0, 0.05) is 24.0 Å². The Morgan fingerprint density at radius 2 is 2.00 bits per heavy atom. The quantitative estimate of drug-likeness (QED) is 0.585. The molecule has 32 heavy (non-hydrogen) atoms. The number of nitrogens with one attached hydrogen (secondary N) is 1. The largest absolute Gasteiger partial charge is 0.486 e. The Hall–Kier alpha value is -2.47. The first-order valence-electron chi connectivity index (χ1n) is 10.2. The second-order valence-corrected chi connectivity index (χ2v) is 11.5. The molecule has 0 bridgehead atoms. The van der Waals surface area contributed by atoms with Gasteiger partial charge in [-0.1, -0.05) is 6.07 Å². The van der Waals surface area contributed by atoms with Gasteiger partial charge in [0.15, 0.2) is 16.6 Å². The number of carbonyl (C=O) groups is 1. The van der Waals surface area contributed by atoms with E-state index in [1.807, 2.05) is 23.6 Å². The van der Waals surface area contributed by atoms with Crippen LogP contribution < -0.4 is 14.8 Å². The number of thiophene rings is 1. The molecular weight excluding hydrogens is 470 g/mol. The summed E-state index contributed by atoms with van der Waals surface area (Å²) in [6.45, 7) is 1.64. The Morgan fingerprint density at radius 1 is 1.16 bits per heavy atom. The van der Waals surface area contributed by atoms with E-state index in [1.165, 1.54) is 27.0 Å². The number of hydrogen-bond acceptors (Lipinski definition) is 8. The highest BCUT2D eigenvalue weighted by atomic mass is 32.2. The van der Waals surface area contributed by atoms with Crippen molar-refractivity contribution >= 4 is 43.7 Å². The normalized spacial score (nSPS) is 18.9. The third-order valence-electron chi connectivity index (χ3n) is 5.42. The molecule has 1 fully saturated rings. The van der Waals surface area contributed by atoms with Gasteiger partial charge in [0.05, 0.1) is 11.6 Å². The number of benzene rings is 1. The molecule has 2 aromatic heterocycles. The van der Waals surface area contributed by atoms with Crippen LogP contribution in [0.5, 0.6) is 11.5 Å². The van der Waals surface area contributed by atoms with Gasteiger partial charge in [-0.25, -0.2) is 13.4 Å². The highest BCUT2D eigenvalue weighted by molar-refractivity contribution is 7.91. The molecule has 0 saturated carbocycles. The highest BCUT2D eigenvalue weighted by Crippen LogP contribution is 2.35. The summed E-state index contributed by atoms with van der Waals surface area (Å²) in [5.74, 6) is 0.768. The van der Waals surface area contributed by atoms with Crippen LogP contribution in [0.2, 0.25) is 0 Å². The SMILES string of the molecule is O=C(Nc1nc(-c2ccc3c(c2)OCCO3)cs1)C1CCCN(S(=O)(=O)c2cccs2)C1. The molecule has 3 aromatic rings. The number of rotatable bonds is 5. The fourth-order valence-electron chi connectivity index (χ4n) is 3.79. The first-order chi connectivity index (χ1) is 15.5. The summed E-state index contributed by atoms with van der Waals surface area (Å²) in [5, 5.41) is 6.96. The van der Waals surface area contributed by atoms with E-state index in [-0.39, 0.29) is 12.5 Å². The number of piperidine rings is 1. The van der Waals surface area contributed by atoms with Gasteiger partial charge in [-0.2, -0.15) is 4.31 Å². The van der Waals surface area contributed by atoms with Gasteiger partial charge >= 0.3 is 0 Å². The Balaban J connectivity index is 1.26. The van der Waals surface area contributed by atoms with Crippen molar-refractivity contribution in [1.29, 1.82) is 0 Å². The minimum atomic E-state index is -3.56. The number of sulfonamides is 1. The average Bonchev–Trinajstić information content (AvgIpc) is 3.52. The summed E-state index contributed by atoms with van der Waals surface area (Å²) in [6.07, 6.45) is 1.28. The van der Waals surface area contributed by atoms with Crippen LogP contribution in [-0.2, 0) is 14.8 Å². The van der Waals surface area contributed by atoms with E-state index < -0.39 is 15.9 Å². The van der Waals surface area contributed by atoms with Gasteiger partial charge in [0.25, 0.3) is 10.0 Å². The number of amides is 1. The van der Waals surface area contributed by atoms with Gasteiger partial charge in [-0.15, -0.1) is 22.7 Å². The van der Waals surface area contributed by atoms with Crippen LogP contribution in [0.15, 0.2) is 45.3 Å². The lowest BCUT2D eigenvalue weighted by atomic mass is 9.99. The van der Waals surface area contributed by atoms with Gasteiger partial charge in [-0.05, 0) is 42.5 Å². The number of fused-ring (bicyclic) bond motifs is 1. The second kappa shape index (κ2) is 8.81. The third-order valence-corrected chi connectivity index (χ3v) is 9.41. The molecule has 1 N–H and O–H groups in total. The van der Waals surface area contributed by atoms with Crippen molar-refractivity contribution in [2.24, 2.45) is 5.92 Å². The molecule has 1 saturated heterocycles. The zero-order valence-electron chi connectivity index (χ0n) is 17.0. The fourth-order valence-corrected chi connectivity index (χ4v) is 7.18. The van der Waals surface area contributed by atoms with Crippen LogP contribution in [0.3, 0.4) is 0 Å². The van der Waals surface area contributed by atoms with E-state index in [0.717, 1.165) is 11.3 Å². The molecule has 2 aliphatic rings. The molecule has 1 atom stereocenters. The summed E-state index contributed by atoms with van der Waals surface area (Å²) >= 11 is 2.52. The number of carbonyl (C=O) groups excluding carboxylic acids is 1. The maximum Gasteiger partial charge on any atom is 0.252 e. The summed E-state index contributed by atoms with van der Waals surface area (Å²) < 4.78 is 38.5. The number of thiazole rings is 1. The van der Waals surface area contributed by atoms with Gasteiger partial charge in [-0.3, -0.25) is 4.79 Å². The van der Waals surface area contributed by atoms with Crippen LogP contribution >= 0.6 is 22.7 Å². The van der Waals surface area contributed by atoms with Crippen LogP contribution in [-0.4, -0.2) is 49.9 Å². The molecule has 168 valence electrons. The highest BCUT2D eigenvalue weighted by Gasteiger charge is 2.34. The predicted molar refractivity (Wildman–Crippen MR) is 123 cm³/mol. The monoisotopic (exact) mass is 491 g/mol. The standard InChI is InChI=1S/C21H21N3O5S3/c25-20(15-3-1-7-24(12-15)32(26,27)19-4-2-10-30-19)23-21-22-16(13-31-21)14-5-6-17-18(11-14)29-9-8-28-17/h2,4-6,10-11,13,15H,1,3,7-9,12H2,(H,22,23,25). The predicted octanol–water partition coefficient (Wildman–Crippen LogP) is 3.68. The maximum atomic E-state index is 12.9. The van der Waals surface area contributed by atoms with Gasteiger partial charge < -0.3 is 14.8 Å². The first kappa shape index (κ1) is 21.4. The zero-order chi connectivity index (χ0) is 22.1. The smallest absolute Gasteiger partial charge is 0.252 e. The van der Waals surface area contributed by atoms with E-state index in [0.29, 0.717) is 53.4 Å². The van der Waals surface area contributed by atoms with Crippen LogP contribution in [0.4, 0.5) is 5.13 Å². The Kier molecular flexibility index (Phi) is 5.89. The van der Waals surface area contributed by atoms with Gasteiger partial charge in [0.1, 0.15) is 17.4 Å². The Bertz CT molecular complexity index is 1220. The van der Waals surface area contributed by atoms with E-state index >= 15 is 0 Å². The average molecular weight is 492 g/mol. The molecule has 4 heterocycles. The van der Waals surface area contributed by atoms with Crippen molar-refractivity contribution in [3.63, 3.8) is 0 Å². The van der Waals surface area contributed by atoms with Crippen molar-refractivity contribution in [1.82, 2.24) is 9.29 Å². The van der Waals surface area contributed by atoms with Crippen molar-refractivity contribution in [2.75, 3.05) is 31.6 Å². The van der Waals surface area contributed by atoms with E-state index in [2.05, 4.69) is 10.3 Å². The molecule has 0 aliphatic carbocycles. The lowest BCUT2D eigenvalue weighted by Gasteiger charge is -2.30. The third kappa shape index (κ3) is 4.25. The lowest BCUT2D eigenvalue weighted by Crippen LogP contribution is -2.43. The van der Waals surface area contributed by atoms with Crippen LogP contribution in [0.1, 0.15) is 12.8 Å². The minimum absolute atomic E-state index is 0.173. The Labute approximate surface area is 193 Å². The number of aromatic nitrogens is 1. The summed E-state index contributed by atoms with van der Waals surface area (Å²) in [5.41, 5.74) is 1.60. The topological polar surface area (TPSA) is 97.8 Å². The molecule has 1 unspecified atom stereocenters. The van der Waals surface area contributed by atoms with E-state index in [4.69, 9.17) is 9.47 Å². The van der Waals surface area contributed by atoms with E-state index in [9.17, 15) is 13.2 Å². The number of ether oxygens (including phenoxy) is 2. The number of nitrogens with zero attached hydrogens (tertiary/aromatic N) is 2. The molecular formula is C21H21N3O5S3. The van der Waals surface area contributed by atoms with Crippen molar-refractivity contribution in [3.05, 3.63) is 41.1 Å².